The lowest BCUT2D eigenvalue weighted by Gasteiger charge is -2.22. The minimum absolute atomic E-state index is 0.0152. The Morgan fingerprint density at radius 1 is 1.45 bits per heavy atom. The lowest BCUT2D eigenvalue weighted by Crippen LogP contribution is -2.30. The molecule has 2 rings (SSSR count). The Balaban J connectivity index is 1.88. The van der Waals surface area contributed by atoms with Crippen molar-refractivity contribution in [3.63, 3.8) is 0 Å². The summed E-state index contributed by atoms with van der Waals surface area (Å²) in [6.07, 6.45) is 0.892. The van der Waals surface area contributed by atoms with E-state index >= 15 is 0 Å². The topological polar surface area (TPSA) is 29.5 Å². The molecule has 1 unspecified atom stereocenters. The summed E-state index contributed by atoms with van der Waals surface area (Å²) in [6.45, 7) is 8.38. The minimum atomic E-state index is -0.394. The number of halogens is 1. The third-order valence-corrected chi connectivity index (χ3v) is 3.80. The van der Waals surface area contributed by atoms with Crippen LogP contribution in [0.1, 0.15) is 32.8 Å². The zero-order valence-electron chi connectivity index (χ0n) is 12.4. The number of ether oxygens (including phenoxy) is 1. The van der Waals surface area contributed by atoms with Gasteiger partial charge in [-0.3, -0.25) is 9.69 Å². The van der Waals surface area contributed by atoms with E-state index in [1.807, 2.05) is 32.9 Å². The van der Waals surface area contributed by atoms with Crippen molar-refractivity contribution in [1.29, 1.82) is 0 Å². The Labute approximate surface area is 129 Å². The van der Waals surface area contributed by atoms with Crippen molar-refractivity contribution in [2.75, 3.05) is 13.1 Å². The van der Waals surface area contributed by atoms with Gasteiger partial charge in [0.25, 0.3) is 0 Å². The van der Waals surface area contributed by atoms with Gasteiger partial charge in [-0.2, -0.15) is 0 Å². The average Bonchev–Trinajstić information content (AvgIpc) is 2.75. The molecule has 1 aliphatic rings. The molecule has 1 saturated heterocycles. The second kappa shape index (κ2) is 6.27. The van der Waals surface area contributed by atoms with E-state index < -0.39 is 5.60 Å². The van der Waals surface area contributed by atoms with Gasteiger partial charge in [-0.15, -0.1) is 0 Å². The van der Waals surface area contributed by atoms with Crippen LogP contribution in [-0.2, 0) is 16.1 Å². The number of benzene rings is 1. The number of rotatable bonds is 3. The number of hydrogen-bond donors (Lipinski definition) is 0. The van der Waals surface area contributed by atoms with Crippen molar-refractivity contribution in [2.24, 2.45) is 5.92 Å². The van der Waals surface area contributed by atoms with Gasteiger partial charge in [0.05, 0.1) is 5.92 Å². The first kappa shape index (κ1) is 15.5. The molecule has 20 heavy (non-hydrogen) atoms. The van der Waals surface area contributed by atoms with Gasteiger partial charge in [0, 0.05) is 17.6 Å². The van der Waals surface area contributed by atoms with Crippen LogP contribution in [-0.4, -0.2) is 29.6 Å². The molecule has 1 aliphatic heterocycles. The van der Waals surface area contributed by atoms with Crippen LogP contribution in [0.3, 0.4) is 0 Å². The van der Waals surface area contributed by atoms with Gasteiger partial charge >= 0.3 is 5.97 Å². The van der Waals surface area contributed by atoms with Gasteiger partial charge in [0.15, 0.2) is 0 Å². The van der Waals surface area contributed by atoms with Gasteiger partial charge in [-0.25, -0.2) is 0 Å². The minimum Gasteiger partial charge on any atom is -0.460 e. The molecule has 1 aromatic carbocycles. The van der Waals surface area contributed by atoms with Crippen LogP contribution in [0.2, 0.25) is 0 Å². The molecule has 3 nitrogen and oxygen atoms in total. The van der Waals surface area contributed by atoms with Crippen LogP contribution in [0, 0.1) is 5.92 Å². The smallest absolute Gasteiger partial charge is 0.310 e. The molecule has 0 bridgehead atoms. The Bertz CT molecular complexity index is 482. The van der Waals surface area contributed by atoms with E-state index in [-0.39, 0.29) is 11.9 Å². The zero-order chi connectivity index (χ0) is 14.8. The molecule has 1 fully saturated rings. The summed E-state index contributed by atoms with van der Waals surface area (Å²) in [5.41, 5.74) is 0.874. The third kappa shape index (κ3) is 4.60. The van der Waals surface area contributed by atoms with Gasteiger partial charge in [-0.05, 0) is 51.4 Å². The Morgan fingerprint density at radius 3 is 2.85 bits per heavy atom. The Hall–Kier alpha value is -0.870. The number of hydrogen-bond acceptors (Lipinski definition) is 3. The first-order valence-electron chi connectivity index (χ1n) is 7.03. The lowest BCUT2D eigenvalue weighted by atomic mass is 10.1. The predicted octanol–water partition coefficient (Wildman–Crippen LogP) is 3.61. The van der Waals surface area contributed by atoms with Crippen molar-refractivity contribution in [1.82, 2.24) is 4.90 Å². The molecule has 0 aliphatic carbocycles. The molecule has 0 spiro atoms. The highest BCUT2D eigenvalue weighted by molar-refractivity contribution is 9.10. The monoisotopic (exact) mass is 339 g/mol. The largest absolute Gasteiger partial charge is 0.460 e. The molecule has 1 aromatic rings. The second-order valence-electron chi connectivity index (χ2n) is 6.38. The first-order valence-corrected chi connectivity index (χ1v) is 7.82. The summed E-state index contributed by atoms with van der Waals surface area (Å²) >= 11 is 3.49. The van der Waals surface area contributed by atoms with E-state index in [9.17, 15) is 4.79 Å². The van der Waals surface area contributed by atoms with E-state index in [1.54, 1.807) is 0 Å². The molecular weight excluding hydrogens is 318 g/mol. The highest BCUT2D eigenvalue weighted by Crippen LogP contribution is 2.23. The maximum absolute atomic E-state index is 12.1. The average molecular weight is 340 g/mol. The maximum atomic E-state index is 12.1. The van der Waals surface area contributed by atoms with Crippen molar-refractivity contribution < 1.29 is 9.53 Å². The fourth-order valence-electron chi connectivity index (χ4n) is 2.45. The lowest BCUT2D eigenvalue weighted by molar-refractivity contribution is -0.159. The van der Waals surface area contributed by atoms with Crippen LogP contribution >= 0.6 is 15.9 Å². The number of carbonyl (C=O) groups excluding carboxylic acids is 1. The number of carbonyl (C=O) groups is 1. The van der Waals surface area contributed by atoms with Crippen LogP contribution in [0.4, 0.5) is 0 Å². The normalized spacial score (nSPS) is 20.1. The molecule has 0 amide bonds. The highest BCUT2D eigenvalue weighted by atomic mass is 79.9. The molecule has 0 radical (unpaired) electrons. The molecule has 4 heteroatoms. The highest BCUT2D eigenvalue weighted by Gasteiger charge is 2.31. The predicted molar refractivity (Wildman–Crippen MR) is 83.4 cm³/mol. The summed E-state index contributed by atoms with van der Waals surface area (Å²) in [5, 5.41) is 0. The van der Waals surface area contributed by atoms with E-state index in [0.29, 0.717) is 0 Å². The molecule has 0 aromatic heterocycles. The molecule has 0 saturated carbocycles. The summed E-state index contributed by atoms with van der Waals surface area (Å²) in [6, 6.07) is 8.31. The molecular formula is C16H22BrNO2. The molecule has 0 N–H and O–H groups in total. The molecule has 1 heterocycles. The van der Waals surface area contributed by atoms with Gasteiger partial charge < -0.3 is 4.74 Å². The van der Waals surface area contributed by atoms with Gasteiger partial charge in [0.1, 0.15) is 5.60 Å². The number of esters is 1. The summed E-state index contributed by atoms with van der Waals surface area (Å²) in [5.74, 6) is -0.0457. The van der Waals surface area contributed by atoms with Crippen LogP contribution in [0.25, 0.3) is 0 Å². The Kier molecular flexibility index (Phi) is 4.86. The van der Waals surface area contributed by atoms with E-state index in [0.717, 1.165) is 30.5 Å². The van der Waals surface area contributed by atoms with Gasteiger partial charge in [-0.1, -0.05) is 28.1 Å². The van der Waals surface area contributed by atoms with E-state index in [4.69, 9.17) is 4.74 Å². The van der Waals surface area contributed by atoms with Crippen molar-refractivity contribution in [3.8, 4) is 0 Å². The van der Waals surface area contributed by atoms with Crippen molar-refractivity contribution >= 4 is 21.9 Å². The second-order valence-corrected chi connectivity index (χ2v) is 7.30. The fraction of sp³-hybridized carbons (Fsp3) is 0.562. The van der Waals surface area contributed by atoms with Crippen LogP contribution in [0.5, 0.6) is 0 Å². The first-order chi connectivity index (χ1) is 9.33. The summed E-state index contributed by atoms with van der Waals surface area (Å²) < 4.78 is 6.56. The zero-order valence-corrected chi connectivity index (χ0v) is 13.9. The summed E-state index contributed by atoms with van der Waals surface area (Å²) in [7, 11) is 0. The van der Waals surface area contributed by atoms with Crippen LogP contribution in [0.15, 0.2) is 28.7 Å². The Morgan fingerprint density at radius 2 is 2.20 bits per heavy atom. The number of likely N-dealkylation sites (tertiary alicyclic amines) is 1. The van der Waals surface area contributed by atoms with Crippen LogP contribution < -0.4 is 0 Å². The van der Waals surface area contributed by atoms with Gasteiger partial charge in [0.2, 0.25) is 0 Å². The third-order valence-electron chi connectivity index (χ3n) is 3.31. The fourth-order valence-corrected chi connectivity index (χ4v) is 2.89. The van der Waals surface area contributed by atoms with E-state index in [2.05, 4.69) is 33.0 Å². The quantitative estimate of drug-likeness (QED) is 0.788. The van der Waals surface area contributed by atoms with Crippen molar-refractivity contribution in [3.05, 3.63) is 34.3 Å². The molecule has 1 atom stereocenters. The summed E-state index contributed by atoms with van der Waals surface area (Å²) in [4.78, 5) is 14.4. The van der Waals surface area contributed by atoms with E-state index in [1.165, 1.54) is 5.56 Å². The number of nitrogens with zero attached hydrogens (tertiary/aromatic N) is 1. The maximum Gasteiger partial charge on any atom is 0.310 e. The molecule has 110 valence electrons. The SMILES string of the molecule is CC(C)(C)OC(=O)C1CCN(Cc2cccc(Br)c2)C1. The standard InChI is InChI=1S/C16H22BrNO2/c1-16(2,3)20-15(19)13-7-8-18(11-13)10-12-5-4-6-14(17)9-12/h4-6,9,13H,7-8,10-11H2,1-3H3. The van der Waals surface area contributed by atoms with Crippen molar-refractivity contribution in [2.45, 2.75) is 39.3 Å².